The zero-order chi connectivity index (χ0) is 17.7. The molecule has 2 amide bonds. The third-order valence-corrected chi connectivity index (χ3v) is 4.14. The molecule has 0 saturated carbocycles. The summed E-state index contributed by atoms with van der Waals surface area (Å²) in [5, 5.41) is 2.82. The normalized spacial score (nSPS) is 11.9. The Hall–Kier alpha value is -2.43. The van der Waals surface area contributed by atoms with Crippen LogP contribution in [-0.2, 0) is 13.0 Å². The molecular weight excluding hydrogens is 305 g/mol. The number of carbonyl (C=O) groups excluding carboxylic acids is 1. The lowest BCUT2D eigenvalue weighted by molar-refractivity contribution is 0.193. The minimum atomic E-state index is -0.256. The molecule has 0 radical (unpaired) electrons. The SMILES string of the molecule is Cc1ccnc(C[C@H](C)N(C)C(=O)NCc2ccc(C)c(F)c2)c1. The van der Waals surface area contributed by atoms with Crippen molar-refractivity contribution in [3.8, 4) is 0 Å². The number of likely N-dealkylation sites (N-methyl/N-ethyl adjacent to an activating group) is 1. The van der Waals surface area contributed by atoms with Crippen molar-refractivity contribution in [1.29, 1.82) is 0 Å². The average molecular weight is 329 g/mol. The van der Waals surface area contributed by atoms with Gasteiger partial charge in [0, 0.05) is 37.9 Å². The highest BCUT2D eigenvalue weighted by atomic mass is 19.1. The molecule has 24 heavy (non-hydrogen) atoms. The van der Waals surface area contributed by atoms with E-state index in [2.05, 4.69) is 10.3 Å². The third-order valence-electron chi connectivity index (χ3n) is 4.14. The molecule has 0 aliphatic heterocycles. The van der Waals surface area contributed by atoms with Gasteiger partial charge in [-0.05, 0) is 55.7 Å². The van der Waals surface area contributed by atoms with Gasteiger partial charge in [-0.1, -0.05) is 12.1 Å². The van der Waals surface area contributed by atoms with Gasteiger partial charge < -0.3 is 10.2 Å². The number of nitrogens with zero attached hydrogens (tertiary/aromatic N) is 2. The first-order valence-electron chi connectivity index (χ1n) is 8.04. The average Bonchev–Trinajstić information content (AvgIpc) is 2.55. The molecule has 4 nitrogen and oxygen atoms in total. The molecule has 1 heterocycles. The summed E-state index contributed by atoms with van der Waals surface area (Å²) >= 11 is 0. The number of benzene rings is 1. The van der Waals surface area contributed by atoms with Gasteiger partial charge in [-0.3, -0.25) is 4.98 Å². The van der Waals surface area contributed by atoms with Gasteiger partial charge in [0.1, 0.15) is 5.82 Å². The van der Waals surface area contributed by atoms with Crippen LogP contribution < -0.4 is 5.32 Å². The van der Waals surface area contributed by atoms with Crippen LogP contribution >= 0.6 is 0 Å². The number of amides is 2. The summed E-state index contributed by atoms with van der Waals surface area (Å²) in [5.74, 6) is -0.256. The quantitative estimate of drug-likeness (QED) is 0.911. The molecule has 0 aliphatic rings. The van der Waals surface area contributed by atoms with E-state index in [1.54, 1.807) is 31.1 Å². The number of rotatable bonds is 5. The van der Waals surface area contributed by atoms with Crippen LogP contribution in [0.25, 0.3) is 0 Å². The molecule has 0 bridgehead atoms. The molecule has 0 spiro atoms. The Morgan fingerprint density at radius 1 is 1.29 bits per heavy atom. The van der Waals surface area contributed by atoms with E-state index >= 15 is 0 Å². The van der Waals surface area contributed by atoms with Crippen molar-refractivity contribution in [2.24, 2.45) is 0 Å². The van der Waals surface area contributed by atoms with Crippen LogP contribution in [0.4, 0.5) is 9.18 Å². The van der Waals surface area contributed by atoms with Crippen molar-refractivity contribution in [3.05, 3.63) is 64.7 Å². The van der Waals surface area contributed by atoms with E-state index in [4.69, 9.17) is 0 Å². The molecule has 0 saturated heterocycles. The molecule has 1 aromatic carbocycles. The zero-order valence-corrected chi connectivity index (χ0v) is 14.6. The fraction of sp³-hybridized carbons (Fsp3) is 0.368. The monoisotopic (exact) mass is 329 g/mol. The predicted octanol–water partition coefficient (Wildman–Crippen LogP) is 3.61. The molecule has 1 N–H and O–H groups in total. The summed E-state index contributed by atoms with van der Waals surface area (Å²) in [4.78, 5) is 18.2. The highest BCUT2D eigenvalue weighted by molar-refractivity contribution is 5.74. The van der Waals surface area contributed by atoms with Gasteiger partial charge >= 0.3 is 6.03 Å². The third kappa shape index (κ3) is 4.78. The van der Waals surface area contributed by atoms with Gasteiger partial charge in [0.25, 0.3) is 0 Å². The molecule has 5 heteroatoms. The fourth-order valence-corrected chi connectivity index (χ4v) is 2.40. The lowest BCUT2D eigenvalue weighted by atomic mass is 10.1. The van der Waals surface area contributed by atoms with Crippen LogP contribution in [0.3, 0.4) is 0 Å². The number of urea groups is 1. The second kappa shape index (κ2) is 7.90. The molecule has 1 aromatic heterocycles. The van der Waals surface area contributed by atoms with Crippen molar-refractivity contribution in [2.75, 3.05) is 7.05 Å². The van der Waals surface area contributed by atoms with Gasteiger partial charge in [-0.15, -0.1) is 0 Å². The van der Waals surface area contributed by atoms with Crippen molar-refractivity contribution in [3.63, 3.8) is 0 Å². The highest BCUT2D eigenvalue weighted by Crippen LogP contribution is 2.10. The second-order valence-electron chi connectivity index (χ2n) is 6.23. The number of hydrogen-bond donors (Lipinski definition) is 1. The first kappa shape index (κ1) is 17.9. The van der Waals surface area contributed by atoms with Crippen molar-refractivity contribution >= 4 is 6.03 Å². The minimum Gasteiger partial charge on any atom is -0.334 e. The Bertz CT molecular complexity index is 718. The first-order valence-corrected chi connectivity index (χ1v) is 8.04. The van der Waals surface area contributed by atoms with Crippen LogP contribution in [0.1, 0.15) is 29.3 Å². The molecule has 0 unspecified atom stereocenters. The van der Waals surface area contributed by atoms with E-state index < -0.39 is 0 Å². The molecule has 2 aromatic rings. The molecule has 0 aliphatic carbocycles. The van der Waals surface area contributed by atoms with E-state index in [1.165, 1.54) is 6.07 Å². The molecule has 128 valence electrons. The lowest BCUT2D eigenvalue weighted by Crippen LogP contribution is -2.43. The summed E-state index contributed by atoms with van der Waals surface area (Å²) in [7, 11) is 1.76. The Kier molecular flexibility index (Phi) is 5.90. The van der Waals surface area contributed by atoms with Crippen molar-refractivity contribution in [1.82, 2.24) is 15.2 Å². The van der Waals surface area contributed by atoms with E-state index in [0.29, 0.717) is 18.5 Å². The van der Waals surface area contributed by atoms with E-state index in [0.717, 1.165) is 16.8 Å². The van der Waals surface area contributed by atoms with Crippen molar-refractivity contribution < 1.29 is 9.18 Å². The topological polar surface area (TPSA) is 45.2 Å². The van der Waals surface area contributed by atoms with Gasteiger partial charge in [0.2, 0.25) is 0 Å². The standard InChI is InChI=1S/C19H24FN3O/c1-13-7-8-21-17(9-13)10-15(3)23(4)19(24)22-12-16-6-5-14(2)18(20)11-16/h5-9,11,15H,10,12H2,1-4H3,(H,22,24)/t15-/m0/s1. The highest BCUT2D eigenvalue weighted by Gasteiger charge is 2.16. The molecule has 1 atom stereocenters. The summed E-state index contributed by atoms with van der Waals surface area (Å²) in [6.45, 7) is 6.02. The number of nitrogens with one attached hydrogen (secondary N) is 1. The Morgan fingerprint density at radius 3 is 2.71 bits per heavy atom. The fourth-order valence-electron chi connectivity index (χ4n) is 2.40. The number of halogens is 1. The maximum Gasteiger partial charge on any atom is 0.317 e. The van der Waals surface area contributed by atoms with Crippen LogP contribution in [0.5, 0.6) is 0 Å². The van der Waals surface area contributed by atoms with Gasteiger partial charge in [0.05, 0.1) is 0 Å². The van der Waals surface area contributed by atoms with Gasteiger partial charge in [0.15, 0.2) is 0 Å². The van der Waals surface area contributed by atoms with Crippen molar-refractivity contribution in [2.45, 2.75) is 39.8 Å². The summed E-state index contributed by atoms with van der Waals surface area (Å²) < 4.78 is 13.5. The summed E-state index contributed by atoms with van der Waals surface area (Å²) in [6, 6.07) is 8.79. The zero-order valence-electron chi connectivity index (χ0n) is 14.6. The number of pyridine rings is 1. The predicted molar refractivity (Wildman–Crippen MR) is 93.3 cm³/mol. The lowest BCUT2D eigenvalue weighted by Gasteiger charge is -2.25. The van der Waals surface area contributed by atoms with Crippen LogP contribution in [-0.4, -0.2) is 29.0 Å². The number of carbonyl (C=O) groups is 1. The molecule has 2 rings (SSSR count). The Labute approximate surface area is 142 Å². The summed E-state index contributed by atoms with van der Waals surface area (Å²) in [6.07, 6.45) is 2.47. The number of aromatic nitrogens is 1. The smallest absolute Gasteiger partial charge is 0.317 e. The number of hydrogen-bond acceptors (Lipinski definition) is 2. The van der Waals surface area contributed by atoms with E-state index in [9.17, 15) is 9.18 Å². The van der Waals surface area contributed by atoms with E-state index in [1.807, 2.05) is 32.0 Å². The van der Waals surface area contributed by atoms with Gasteiger partial charge in [-0.25, -0.2) is 9.18 Å². The second-order valence-corrected chi connectivity index (χ2v) is 6.23. The van der Waals surface area contributed by atoms with Gasteiger partial charge in [-0.2, -0.15) is 0 Å². The minimum absolute atomic E-state index is 0.00838. The molecule has 0 fully saturated rings. The first-order chi connectivity index (χ1) is 11.4. The van der Waals surface area contributed by atoms with Crippen LogP contribution in [0, 0.1) is 19.7 Å². The maximum absolute atomic E-state index is 13.5. The van der Waals surface area contributed by atoms with Crippen LogP contribution in [0.2, 0.25) is 0 Å². The number of aryl methyl sites for hydroxylation is 2. The van der Waals surface area contributed by atoms with Crippen LogP contribution in [0.15, 0.2) is 36.5 Å². The largest absolute Gasteiger partial charge is 0.334 e. The maximum atomic E-state index is 13.5. The summed E-state index contributed by atoms with van der Waals surface area (Å²) in [5.41, 5.74) is 3.46. The Morgan fingerprint density at radius 2 is 2.04 bits per heavy atom. The molecular formula is C19H24FN3O. The van der Waals surface area contributed by atoms with E-state index in [-0.39, 0.29) is 17.9 Å². The Balaban J connectivity index is 1.89.